The van der Waals surface area contributed by atoms with Gasteiger partial charge >= 0.3 is 0 Å². The van der Waals surface area contributed by atoms with E-state index in [9.17, 15) is 0 Å². The molecule has 0 aliphatic heterocycles. The molecule has 9 aromatic carbocycles. The maximum atomic E-state index is 2.49. The summed E-state index contributed by atoms with van der Waals surface area (Å²) in [6, 6.07) is 71.1. The second kappa shape index (κ2) is 12.6. The number of thiophene rings is 2. The van der Waals surface area contributed by atoms with Crippen molar-refractivity contribution in [2.24, 2.45) is 0 Å². The highest BCUT2D eigenvalue weighted by Crippen LogP contribution is 2.51. The molecule has 4 heteroatoms. The average molecular weight is 725 g/mol. The van der Waals surface area contributed by atoms with Gasteiger partial charge in [0.05, 0.1) is 17.1 Å². The first kappa shape index (κ1) is 31.1. The molecule has 0 aliphatic carbocycles. The molecule has 0 N–H and O–H groups in total. The van der Waals surface area contributed by atoms with Gasteiger partial charge in [0.15, 0.2) is 0 Å². The van der Waals surface area contributed by atoms with E-state index in [2.05, 4.69) is 204 Å². The fraction of sp³-hybridized carbons (Fsp3) is 0. The van der Waals surface area contributed by atoms with Gasteiger partial charge in [-0.05, 0) is 89.0 Å². The second-order valence-electron chi connectivity index (χ2n) is 13.7. The molecule has 11 aromatic rings. The first-order valence-electron chi connectivity index (χ1n) is 18.3. The van der Waals surface area contributed by atoms with Crippen LogP contribution in [-0.4, -0.2) is 0 Å². The minimum absolute atomic E-state index is 1.10. The molecule has 0 saturated carbocycles. The van der Waals surface area contributed by atoms with Gasteiger partial charge in [-0.25, -0.2) is 0 Å². The molecule has 0 bridgehead atoms. The summed E-state index contributed by atoms with van der Waals surface area (Å²) in [5.74, 6) is 0. The van der Waals surface area contributed by atoms with Gasteiger partial charge in [0, 0.05) is 62.8 Å². The Hall–Kier alpha value is -6.46. The fourth-order valence-electron chi connectivity index (χ4n) is 8.27. The van der Waals surface area contributed by atoms with Crippen molar-refractivity contribution < 1.29 is 0 Å². The Kier molecular flexibility index (Phi) is 7.25. The number of fused-ring (bicyclic) bond motifs is 9. The molecule has 0 saturated heterocycles. The summed E-state index contributed by atoms with van der Waals surface area (Å²) in [7, 11) is 0. The van der Waals surface area contributed by atoms with Crippen LogP contribution in [0.4, 0.5) is 34.1 Å². The van der Waals surface area contributed by atoms with Gasteiger partial charge < -0.3 is 9.80 Å². The van der Waals surface area contributed by atoms with Crippen LogP contribution in [0.25, 0.3) is 61.9 Å². The second-order valence-corrected chi connectivity index (χ2v) is 15.9. The largest absolute Gasteiger partial charge is 0.310 e. The molecule has 11 rings (SSSR count). The van der Waals surface area contributed by atoms with Gasteiger partial charge in [0.25, 0.3) is 0 Å². The van der Waals surface area contributed by atoms with Crippen molar-refractivity contribution in [2.75, 3.05) is 9.80 Å². The summed E-state index contributed by atoms with van der Waals surface area (Å²) in [5.41, 5.74) is 6.79. The van der Waals surface area contributed by atoms with Gasteiger partial charge in [-0.15, -0.1) is 22.7 Å². The van der Waals surface area contributed by atoms with Crippen LogP contribution in [0.1, 0.15) is 0 Å². The Morgan fingerprint density at radius 2 is 0.778 bits per heavy atom. The maximum Gasteiger partial charge on any atom is 0.0561 e. The summed E-state index contributed by atoms with van der Waals surface area (Å²) in [6.45, 7) is 0. The lowest BCUT2D eigenvalue weighted by atomic mass is 9.97. The van der Waals surface area contributed by atoms with Gasteiger partial charge in [0.1, 0.15) is 0 Å². The van der Waals surface area contributed by atoms with Crippen molar-refractivity contribution in [1.82, 2.24) is 0 Å². The van der Waals surface area contributed by atoms with Crippen LogP contribution >= 0.6 is 22.7 Å². The first-order chi connectivity index (χ1) is 26.8. The van der Waals surface area contributed by atoms with Gasteiger partial charge in [-0.1, -0.05) is 121 Å². The Morgan fingerprint density at radius 1 is 0.278 bits per heavy atom. The van der Waals surface area contributed by atoms with E-state index in [0.717, 1.165) is 22.7 Å². The van der Waals surface area contributed by atoms with E-state index in [-0.39, 0.29) is 0 Å². The van der Waals surface area contributed by atoms with Crippen molar-refractivity contribution in [3.05, 3.63) is 194 Å². The molecule has 2 nitrogen and oxygen atoms in total. The zero-order valence-electron chi connectivity index (χ0n) is 29.2. The number of anilines is 6. The monoisotopic (exact) mass is 724 g/mol. The van der Waals surface area contributed by atoms with E-state index in [1.54, 1.807) is 0 Å². The third-order valence-electron chi connectivity index (χ3n) is 10.6. The zero-order valence-corrected chi connectivity index (χ0v) is 30.8. The Balaban J connectivity index is 1.28. The summed E-state index contributed by atoms with van der Waals surface area (Å²) in [5, 5.41) is 9.98. The molecule has 0 fully saturated rings. The maximum absolute atomic E-state index is 2.49. The van der Waals surface area contributed by atoms with Crippen LogP contribution in [0.2, 0.25) is 0 Å². The van der Waals surface area contributed by atoms with E-state index in [1.807, 2.05) is 22.7 Å². The Bertz CT molecular complexity index is 3180. The molecule has 2 heterocycles. The van der Waals surface area contributed by atoms with Crippen LogP contribution < -0.4 is 9.80 Å². The van der Waals surface area contributed by atoms with Crippen LogP contribution in [0.3, 0.4) is 0 Å². The molecule has 0 radical (unpaired) electrons. The van der Waals surface area contributed by atoms with Crippen molar-refractivity contribution in [3.63, 3.8) is 0 Å². The summed E-state index contributed by atoms with van der Waals surface area (Å²) >= 11 is 3.72. The topological polar surface area (TPSA) is 6.48 Å². The lowest BCUT2D eigenvalue weighted by molar-refractivity contribution is 1.28. The number of para-hydroxylation sites is 2. The van der Waals surface area contributed by atoms with Gasteiger partial charge in [-0.2, -0.15) is 0 Å². The predicted octanol–water partition coefficient (Wildman–Crippen LogP) is 15.7. The summed E-state index contributed by atoms with van der Waals surface area (Å²) < 4.78 is 5.15. The average Bonchev–Trinajstić information content (AvgIpc) is 3.81. The lowest BCUT2D eigenvalue weighted by Crippen LogP contribution is -2.14. The van der Waals surface area contributed by atoms with Crippen molar-refractivity contribution in [2.45, 2.75) is 0 Å². The fourth-order valence-corrected chi connectivity index (χ4v) is 10.5. The number of benzene rings is 9. The molecule has 0 atom stereocenters. The smallest absolute Gasteiger partial charge is 0.0561 e. The minimum Gasteiger partial charge on any atom is -0.310 e. The van der Waals surface area contributed by atoms with E-state index < -0.39 is 0 Å². The van der Waals surface area contributed by atoms with Crippen LogP contribution in [0, 0.1) is 0 Å². The molecule has 0 aliphatic rings. The molecule has 54 heavy (non-hydrogen) atoms. The number of hydrogen-bond acceptors (Lipinski definition) is 4. The number of nitrogens with zero attached hydrogens (tertiary/aromatic N) is 2. The van der Waals surface area contributed by atoms with Crippen molar-refractivity contribution in [1.29, 1.82) is 0 Å². The lowest BCUT2D eigenvalue weighted by Gasteiger charge is -2.31. The highest BCUT2D eigenvalue weighted by atomic mass is 32.1. The van der Waals surface area contributed by atoms with Crippen molar-refractivity contribution >= 4 is 119 Å². The van der Waals surface area contributed by atoms with Crippen LogP contribution in [0.5, 0.6) is 0 Å². The third kappa shape index (κ3) is 4.92. The highest BCUT2D eigenvalue weighted by Gasteiger charge is 2.24. The molecule has 0 spiro atoms. The number of rotatable bonds is 6. The SMILES string of the molecule is c1ccc(N(c2cc(N(c3ccccc3)c3cccc4sc5ccccc5c34)c3ccc4ccccc4c3c2)c2cccc3sc4ccccc4c23)cc1. The van der Waals surface area contributed by atoms with E-state index in [0.29, 0.717) is 0 Å². The Labute approximate surface area is 321 Å². The van der Waals surface area contributed by atoms with E-state index in [1.165, 1.54) is 73.3 Å². The van der Waals surface area contributed by atoms with Crippen LogP contribution in [-0.2, 0) is 0 Å². The molecular weight excluding hydrogens is 693 g/mol. The zero-order chi connectivity index (χ0) is 35.6. The van der Waals surface area contributed by atoms with Crippen molar-refractivity contribution in [3.8, 4) is 0 Å². The summed E-state index contributed by atoms with van der Waals surface area (Å²) in [4.78, 5) is 4.96. The normalized spacial score (nSPS) is 11.7. The predicted molar refractivity (Wildman–Crippen MR) is 237 cm³/mol. The molecular formula is C50H32N2S2. The number of hydrogen-bond donors (Lipinski definition) is 0. The van der Waals surface area contributed by atoms with Gasteiger partial charge in [0.2, 0.25) is 0 Å². The Morgan fingerprint density at radius 3 is 1.41 bits per heavy atom. The van der Waals surface area contributed by atoms with Gasteiger partial charge in [-0.3, -0.25) is 0 Å². The third-order valence-corrected chi connectivity index (χ3v) is 12.9. The molecule has 254 valence electrons. The van der Waals surface area contributed by atoms with E-state index >= 15 is 0 Å². The minimum atomic E-state index is 1.10. The quantitative estimate of drug-likeness (QED) is 0.158. The molecule has 2 aromatic heterocycles. The first-order valence-corrected chi connectivity index (χ1v) is 19.9. The standard InChI is InChI=1S/C50H32N2S2/c1-3-16-34(17-4-1)51(42-23-13-27-47-49(42)39-21-9-11-25-45(39)53-47)36-31-41-37-20-8-7-15-33(37)29-30-38(41)44(32-36)52(35-18-5-2-6-19-35)43-24-14-28-48-50(43)40-22-10-12-26-46(40)54-48/h1-32H. The molecule has 0 amide bonds. The van der Waals surface area contributed by atoms with E-state index in [4.69, 9.17) is 0 Å². The van der Waals surface area contributed by atoms with Crippen LogP contribution in [0.15, 0.2) is 194 Å². The molecule has 0 unspecified atom stereocenters. The highest BCUT2D eigenvalue weighted by molar-refractivity contribution is 7.26. The summed E-state index contributed by atoms with van der Waals surface area (Å²) in [6.07, 6.45) is 0.